The van der Waals surface area contributed by atoms with E-state index in [0.717, 1.165) is 59.2 Å². The van der Waals surface area contributed by atoms with E-state index in [1.807, 2.05) is 53.2 Å². The number of para-hydroxylation sites is 1. The average molecular weight is 517 g/mol. The molecule has 1 atom stereocenters. The van der Waals surface area contributed by atoms with Crippen molar-refractivity contribution in [1.82, 2.24) is 9.78 Å². The van der Waals surface area contributed by atoms with Crippen molar-refractivity contribution >= 4 is 29.1 Å². The molecule has 192 valence electrons. The third kappa shape index (κ3) is 5.57. The Bertz CT molecular complexity index is 1310. The second kappa shape index (κ2) is 11.2. The predicted octanol–water partition coefficient (Wildman–Crippen LogP) is 6.79. The molecule has 0 aliphatic heterocycles. The van der Waals surface area contributed by atoms with Gasteiger partial charge in [0.05, 0.1) is 35.2 Å². The van der Waals surface area contributed by atoms with Gasteiger partial charge < -0.3 is 19.5 Å². The molecule has 3 aromatic rings. The molecule has 5 rings (SSSR count). The van der Waals surface area contributed by atoms with Crippen molar-refractivity contribution < 1.29 is 9.47 Å². The number of ether oxygens (including phenoxy) is 2. The molecule has 0 saturated heterocycles. The summed E-state index contributed by atoms with van der Waals surface area (Å²) in [6, 6.07) is 18.1. The zero-order chi connectivity index (χ0) is 25.8. The highest BCUT2D eigenvalue weighted by molar-refractivity contribution is 8.04. The average Bonchev–Trinajstić information content (AvgIpc) is 3.73. The van der Waals surface area contributed by atoms with E-state index in [1.165, 1.54) is 0 Å². The van der Waals surface area contributed by atoms with Gasteiger partial charge in [0.25, 0.3) is 0 Å². The number of azo groups is 1. The predicted molar refractivity (Wildman–Crippen MR) is 150 cm³/mol. The Hall–Kier alpha value is -3.56. The molecule has 9 heteroatoms. The molecule has 0 radical (unpaired) electrons. The minimum atomic E-state index is -0.0540. The molecule has 37 heavy (non-hydrogen) atoms. The SMILES string of the molecule is CCN(SC1=CCC(OC)C=C1N=Nc1c(N)nn(-c2ccccc2)c1C1CC1)c1ccc(OC)cc1. The number of nitrogens with zero attached hydrogens (tertiary/aromatic N) is 5. The summed E-state index contributed by atoms with van der Waals surface area (Å²) < 4.78 is 15.1. The highest BCUT2D eigenvalue weighted by atomic mass is 32.2. The summed E-state index contributed by atoms with van der Waals surface area (Å²) >= 11 is 1.64. The van der Waals surface area contributed by atoms with Gasteiger partial charge >= 0.3 is 0 Å². The summed E-state index contributed by atoms with van der Waals surface area (Å²) in [5, 5.41) is 14.0. The monoisotopic (exact) mass is 516 g/mol. The number of rotatable bonds is 10. The smallest absolute Gasteiger partial charge is 0.174 e. The summed E-state index contributed by atoms with van der Waals surface area (Å²) in [5.74, 6) is 1.61. The van der Waals surface area contributed by atoms with Crippen molar-refractivity contribution in [3.8, 4) is 11.4 Å². The Morgan fingerprint density at radius 1 is 1.08 bits per heavy atom. The van der Waals surface area contributed by atoms with Crippen molar-refractivity contribution in [3.05, 3.63) is 83.0 Å². The Morgan fingerprint density at radius 2 is 1.84 bits per heavy atom. The van der Waals surface area contributed by atoms with Gasteiger partial charge in [0, 0.05) is 25.3 Å². The molecular formula is C28H32N6O2S. The first-order valence-corrected chi connectivity index (χ1v) is 13.3. The maximum atomic E-state index is 6.38. The normalized spacial score (nSPS) is 17.5. The van der Waals surface area contributed by atoms with Crippen molar-refractivity contribution in [1.29, 1.82) is 0 Å². The quantitative estimate of drug-likeness (QED) is 0.236. The second-order valence-corrected chi connectivity index (χ2v) is 10.0. The highest BCUT2D eigenvalue weighted by Gasteiger charge is 2.33. The number of nitrogen functional groups attached to an aromatic ring is 1. The molecular weight excluding hydrogens is 484 g/mol. The zero-order valence-electron chi connectivity index (χ0n) is 21.4. The summed E-state index contributed by atoms with van der Waals surface area (Å²) in [4.78, 5) is 1.02. The molecule has 1 unspecified atom stereocenters. The Labute approximate surface area is 222 Å². The maximum absolute atomic E-state index is 6.38. The molecule has 0 amide bonds. The van der Waals surface area contributed by atoms with E-state index in [4.69, 9.17) is 20.3 Å². The van der Waals surface area contributed by atoms with E-state index < -0.39 is 0 Å². The van der Waals surface area contributed by atoms with Gasteiger partial charge in [-0.05, 0) is 80.6 Å². The molecule has 2 N–H and O–H groups in total. The number of benzene rings is 2. The molecule has 2 aliphatic carbocycles. The Morgan fingerprint density at radius 3 is 2.49 bits per heavy atom. The molecule has 2 aliphatic rings. The fourth-order valence-electron chi connectivity index (χ4n) is 4.29. The van der Waals surface area contributed by atoms with E-state index in [9.17, 15) is 0 Å². The van der Waals surface area contributed by atoms with Crippen LogP contribution in [0.2, 0.25) is 0 Å². The minimum Gasteiger partial charge on any atom is -0.497 e. The second-order valence-electron chi connectivity index (χ2n) is 8.95. The zero-order valence-corrected chi connectivity index (χ0v) is 22.2. The van der Waals surface area contributed by atoms with Gasteiger partial charge in [0.2, 0.25) is 0 Å². The van der Waals surface area contributed by atoms with Crippen molar-refractivity contribution in [2.45, 2.75) is 38.2 Å². The lowest BCUT2D eigenvalue weighted by atomic mass is 10.1. The van der Waals surface area contributed by atoms with Gasteiger partial charge in [-0.25, -0.2) is 4.68 Å². The number of anilines is 2. The number of nitrogens with two attached hydrogens (primary N) is 1. The van der Waals surface area contributed by atoms with Crippen LogP contribution in [0.3, 0.4) is 0 Å². The summed E-state index contributed by atoms with van der Waals surface area (Å²) in [5.41, 5.74) is 10.9. The molecule has 1 aromatic heterocycles. The molecule has 1 saturated carbocycles. The van der Waals surface area contributed by atoms with Crippen molar-refractivity contribution in [2.75, 3.05) is 30.8 Å². The van der Waals surface area contributed by atoms with Crippen LogP contribution in [0, 0.1) is 0 Å². The summed E-state index contributed by atoms with van der Waals surface area (Å²) in [6.07, 6.45) is 7.12. The first kappa shape index (κ1) is 25.1. The van der Waals surface area contributed by atoms with Gasteiger partial charge in [0.15, 0.2) is 11.5 Å². The molecule has 8 nitrogen and oxygen atoms in total. The lowest BCUT2D eigenvalue weighted by molar-refractivity contribution is 0.142. The molecule has 0 bridgehead atoms. The standard InChI is InChI=1S/C28H32N6O2S/c1-4-33(20-12-14-22(35-2)15-13-20)37-25-17-16-23(36-3)18-24(25)30-31-26-27(19-10-11-19)34(32-28(26)29)21-8-6-5-7-9-21/h5-9,12-15,17-19,23H,4,10-11,16H2,1-3H3,(H2,29,32). The minimum absolute atomic E-state index is 0.0540. The third-order valence-corrected chi connectivity index (χ3v) is 7.70. The van der Waals surface area contributed by atoms with E-state index in [-0.39, 0.29) is 6.10 Å². The van der Waals surface area contributed by atoms with Gasteiger partial charge in [0.1, 0.15) is 5.75 Å². The Balaban J connectivity index is 1.44. The topological polar surface area (TPSA) is 90.3 Å². The van der Waals surface area contributed by atoms with E-state index in [2.05, 4.69) is 39.7 Å². The van der Waals surface area contributed by atoms with Crippen LogP contribution in [0.25, 0.3) is 5.69 Å². The highest BCUT2D eigenvalue weighted by Crippen LogP contribution is 2.47. The Kier molecular flexibility index (Phi) is 7.62. The summed E-state index contributed by atoms with van der Waals surface area (Å²) in [6.45, 7) is 2.94. The van der Waals surface area contributed by atoms with Crippen LogP contribution >= 0.6 is 11.9 Å². The first-order valence-electron chi connectivity index (χ1n) is 12.5. The van der Waals surface area contributed by atoms with Gasteiger partial charge in [-0.1, -0.05) is 24.3 Å². The number of hydrogen-bond donors (Lipinski definition) is 1. The van der Waals surface area contributed by atoms with E-state index in [0.29, 0.717) is 17.4 Å². The van der Waals surface area contributed by atoms with Crippen molar-refractivity contribution in [2.24, 2.45) is 10.2 Å². The molecule has 1 heterocycles. The third-order valence-electron chi connectivity index (χ3n) is 6.43. The van der Waals surface area contributed by atoms with Gasteiger partial charge in [-0.15, -0.1) is 15.3 Å². The van der Waals surface area contributed by atoms with Gasteiger partial charge in [-0.2, -0.15) is 0 Å². The van der Waals surface area contributed by atoms with Crippen LogP contribution in [0.4, 0.5) is 17.2 Å². The van der Waals surface area contributed by atoms with E-state index in [1.54, 1.807) is 26.2 Å². The number of hydrogen-bond acceptors (Lipinski definition) is 8. The maximum Gasteiger partial charge on any atom is 0.174 e. The van der Waals surface area contributed by atoms with Crippen LogP contribution in [0.1, 0.15) is 37.8 Å². The van der Waals surface area contributed by atoms with Crippen LogP contribution in [0.15, 0.2) is 87.6 Å². The number of methoxy groups -OCH3 is 2. The van der Waals surface area contributed by atoms with Crippen LogP contribution in [-0.2, 0) is 4.74 Å². The van der Waals surface area contributed by atoms with Crippen LogP contribution < -0.4 is 14.8 Å². The number of aromatic nitrogens is 2. The fraction of sp³-hybridized carbons (Fsp3) is 0.321. The molecule has 2 aromatic carbocycles. The lowest BCUT2D eigenvalue weighted by Crippen LogP contribution is -2.16. The van der Waals surface area contributed by atoms with Gasteiger partial charge in [-0.3, -0.25) is 0 Å². The largest absolute Gasteiger partial charge is 0.497 e. The summed E-state index contributed by atoms with van der Waals surface area (Å²) in [7, 11) is 3.39. The fourth-order valence-corrected chi connectivity index (χ4v) is 5.25. The van der Waals surface area contributed by atoms with Crippen LogP contribution in [0.5, 0.6) is 5.75 Å². The lowest BCUT2D eigenvalue weighted by Gasteiger charge is -2.25. The van der Waals surface area contributed by atoms with E-state index >= 15 is 0 Å². The van der Waals surface area contributed by atoms with Crippen LogP contribution in [-0.4, -0.2) is 36.6 Å². The molecule has 0 spiro atoms. The van der Waals surface area contributed by atoms with Crippen molar-refractivity contribution in [3.63, 3.8) is 0 Å². The molecule has 1 fully saturated rings. The first-order chi connectivity index (χ1) is 18.1.